The van der Waals surface area contributed by atoms with Crippen LogP contribution in [-0.2, 0) is 52.4 Å². The number of esters is 5. The number of rotatable bonds is 10. The SMILES string of the molecule is CC(C)(C)C(=O)OC[C@H]1O[C@@H](N[C@H](c2ccc([N+](=O)[O-])cc2)[C@@H]2C=CC(=O)O2)[C@H](OC(=O)C(C)(C)C)[C@@H](OC(=O)C(C)(C)C)[C@H]1OC(=O)C(C)(C)C. The van der Waals surface area contributed by atoms with Crippen molar-refractivity contribution in [3.63, 3.8) is 0 Å². The van der Waals surface area contributed by atoms with E-state index in [4.69, 9.17) is 28.4 Å². The maximum Gasteiger partial charge on any atom is 0.331 e. The lowest BCUT2D eigenvalue weighted by atomic mass is 9.92. The molecular weight excluding hydrogens is 680 g/mol. The molecule has 1 N–H and O–H groups in total. The molecule has 0 aromatic heterocycles. The van der Waals surface area contributed by atoms with Crippen LogP contribution in [0.2, 0.25) is 0 Å². The standard InChI is InChI=1S/C37H52N2O13/c1-34(2,3)30(41)47-19-23-26(50-31(42)35(4,5)6)27(51-32(43)36(7,8)9)28(52-33(44)37(10,11)12)29(49-23)38-25(22-17-18-24(40)48-22)20-13-15-21(16-14-20)39(45)46/h13-18,22-23,25-29,38H,19H2,1-12H3/t22-,23+,25+,26-,27-,28+,29+/m0/s1. The number of nitro groups is 1. The number of carbonyl (C=O) groups excluding carboxylic acids is 5. The summed E-state index contributed by atoms with van der Waals surface area (Å²) in [5.41, 5.74) is -3.88. The third-order valence-corrected chi connectivity index (χ3v) is 8.00. The molecule has 15 heteroatoms. The van der Waals surface area contributed by atoms with Crippen LogP contribution in [0.1, 0.15) is 94.7 Å². The molecule has 7 atom stereocenters. The second kappa shape index (κ2) is 15.7. The minimum Gasteiger partial charge on any atom is -0.462 e. The highest BCUT2D eigenvalue weighted by Crippen LogP contribution is 2.36. The lowest BCUT2D eigenvalue weighted by Crippen LogP contribution is -2.67. The van der Waals surface area contributed by atoms with Crippen molar-refractivity contribution in [3.8, 4) is 0 Å². The maximum absolute atomic E-state index is 13.6. The van der Waals surface area contributed by atoms with Crippen LogP contribution in [0.5, 0.6) is 0 Å². The fourth-order valence-electron chi connectivity index (χ4n) is 4.79. The van der Waals surface area contributed by atoms with E-state index in [0.29, 0.717) is 5.56 Å². The van der Waals surface area contributed by atoms with Gasteiger partial charge in [0.1, 0.15) is 18.8 Å². The van der Waals surface area contributed by atoms with Gasteiger partial charge in [0, 0.05) is 18.2 Å². The Bertz CT molecular complexity index is 1540. The Hall–Kier alpha value is -4.37. The van der Waals surface area contributed by atoms with Crippen molar-refractivity contribution >= 4 is 35.5 Å². The normalized spacial score (nSPS) is 24.3. The Morgan fingerprint density at radius 1 is 0.750 bits per heavy atom. The van der Waals surface area contributed by atoms with Crippen molar-refractivity contribution in [1.82, 2.24) is 5.32 Å². The van der Waals surface area contributed by atoms with Gasteiger partial charge in [0.15, 0.2) is 24.5 Å². The van der Waals surface area contributed by atoms with E-state index in [1.165, 1.54) is 36.4 Å². The highest BCUT2D eigenvalue weighted by molar-refractivity contribution is 5.84. The van der Waals surface area contributed by atoms with Gasteiger partial charge in [-0.2, -0.15) is 0 Å². The summed E-state index contributed by atoms with van der Waals surface area (Å²) in [6.07, 6.45) is -5.46. The van der Waals surface area contributed by atoms with Crippen LogP contribution in [0, 0.1) is 31.8 Å². The van der Waals surface area contributed by atoms with E-state index in [2.05, 4.69) is 5.32 Å². The van der Waals surface area contributed by atoms with E-state index >= 15 is 0 Å². The van der Waals surface area contributed by atoms with Crippen LogP contribution < -0.4 is 5.32 Å². The highest BCUT2D eigenvalue weighted by Gasteiger charge is 2.55. The van der Waals surface area contributed by atoms with Crippen molar-refractivity contribution in [1.29, 1.82) is 0 Å². The first-order valence-corrected chi connectivity index (χ1v) is 17.1. The quantitative estimate of drug-likeness (QED) is 0.148. The predicted octanol–water partition coefficient (Wildman–Crippen LogP) is 4.90. The second-order valence-corrected chi connectivity index (χ2v) is 17.1. The predicted molar refractivity (Wildman–Crippen MR) is 185 cm³/mol. The number of nitro benzene ring substituents is 1. The first kappa shape index (κ1) is 42.0. The van der Waals surface area contributed by atoms with Crippen LogP contribution in [0.4, 0.5) is 5.69 Å². The molecular formula is C37H52N2O13. The molecule has 0 aliphatic carbocycles. The monoisotopic (exact) mass is 732 g/mol. The number of nitrogens with zero attached hydrogens (tertiary/aromatic N) is 1. The first-order valence-electron chi connectivity index (χ1n) is 17.1. The Kier molecular flexibility index (Phi) is 12.7. The number of non-ortho nitro benzene ring substituents is 1. The molecule has 0 amide bonds. The molecule has 2 heterocycles. The molecule has 0 bridgehead atoms. The maximum atomic E-state index is 13.6. The highest BCUT2D eigenvalue weighted by atomic mass is 16.7. The fraction of sp³-hybridized carbons (Fsp3) is 0.649. The largest absolute Gasteiger partial charge is 0.462 e. The van der Waals surface area contributed by atoms with E-state index in [1.54, 1.807) is 83.1 Å². The van der Waals surface area contributed by atoms with Crippen LogP contribution in [0.15, 0.2) is 36.4 Å². The summed E-state index contributed by atoms with van der Waals surface area (Å²) < 4.78 is 35.8. The Morgan fingerprint density at radius 2 is 1.21 bits per heavy atom. The molecule has 1 fully saturated rings. The summed E-state index contributed by atoms with van der Waals surface area (Å²) in [7, 11) is 0. The van der Waals surface area contributed by atoms with Gasteiger partial charge in [-0.15, -0.1) is 0 Å². The molecule has 0 unspecified atom stereocenters. The number of carbonyl (C=O) groups is 5. The molecule has 288 valence electrons. The molecule has 52 heavy (non-hydrogen) atoms. The van der Waals surface area contributed by atoms with Crippen molar-refractivity contribution in [2.45, 2.75) is 126 Å². The summed E-state index contributed by atoms with van der Waals surface area (Å²) in [5.74, 6) is -3.39. The Balaban J connectivity index is 2.25. The van der Waals surface area contributed by atoms with Gasteiger partial charge in [-0.1, -0.05) is 12.1 Å². The summed E-state index contributed by atoms with van der Waals surface area (Å²) in [5, 5.41) is 14.6. The molecule has 2 aliphatic heterocycles. The first-order chi connectivity index (χ1) is 23.7. The smallest absolute Gasteiger partial charge is 0.331 e. The van der Waals surface area contributed by atoms with Gasteiger partial charge in [-0.3, -0.25) is 34.6 Å². The van der Waals surface area contributed by atoms with Gasteiger partial charge in [0.2, 0.25) is 0 Å². The van der Waals surface area contributed by atoms with Crippen molar-refractivity contribution in [2.75, 3.05) is 6.61 Å². The molecule has 0 saturated carbocycles. The van der Waals surface area contributed by atoms with Crippen molar-refractivity contribution in [3.05, 3.63) is 52.1 Å². The molecule has 3 rings (SSSR count). The minimum atomic E-state index is -1.52. The number of hydrogen-bond acceptors (Lipinski definition) is 14. The average Bonchev–Trinajstić information content (AvgIpc) is 3.44. The topological polar surface area (TPSA) is 196 Å². The average molecular weight is 733 g/mol. The third-order valence-electron chi connectivity index (χ3n) is 8.00. The number of hydrogen-bond donors (Lipinski definition) is 1. The minimum absolute atomic E-state index is 0.189. The Morgan fingerprint density at radius 3 is 1.63 bits per heavy atom. The van der Waals surface area contributed by atoms with Crippen LogP contribution >= 0.6 is 0 Å². The van der Waals surface area contributed by atoms with E-state index in [-0.39, 0.29) is 5.69 Å². The summed E-state index contributed by atoms with van der Waals surface area (Å²) in [6.45, 7) is 19.0. The molecule has 1 aromatic carbocycles. The van der Waals surface area contributed by atoms with E-state index in [1.807, 2.05) is 0 Å². The van der Waals surface area contributed by atoms with E-state index in [9.17, 15) is 34.1 Å². The molecule has 2 aliphatic rings. The molecule has 0 radical (unpaired) electrons. The third kappa shape index (κ3) is 10.8. The number of benzene rings is 1. The van der Waals surface area contributed by atoms with Gasteiger partial charge >= 0.3 is 29.8 Å². The van der Waals surface area contributed by atoms with Gasteiger partial charge in [-0.25, -0.2) is 4.79 Å². The van der Waals surface area contributed by atoms with Crippen molar-refractivity contribution < 1.29 is 57.3 Å². The van der Waals surface area contributed by atoms with E-state index < -0.39 is 106 Å². The van der Waals surface area contributed by atoms with Gasteiger partial charge in [-0.05, 0) is 94.7 Å². The lowest BCUT2D eigenvalue weighted by Gasteiger charge is -2.47. The lowest BCUT2D eigenvalue weighted by molar-refractivity contribution is -0.384. The second-order valence-electron chi connectivity index (χ2n) is 17.1. The van der Waals surface area contributed by atoms with Crippen LogP contribution in [-0.4, -0.2) is 78.1 Å². The molecule has 0 spiro atoms. The van der Waals surface area contributed by atoms with E-state index in [0.717, 1.165) is 0 Å². The fourth-order valence-corrected chi connectivity index (χ4v) is 4.79. The summed E-state index contributed by atoms with van der Waals surface area (Å²) >= 11 is 0. The van der Waals surface area contributed by atoms with Crippen molar-refractivity contribution in [2.24, 2.45) is 21.7 Å². The number of cyclic esters (lactones) is 1. The molecule has 15 nitrogen and oxygen atoms in total. The summed E-state index contributed by atoms with van der Waals surface area (Å²) in [4.78, 5) is 76.7. The molecule has 1 aromatic rings. The van der Waals surface area contributed by atoms with Gasteiger partial charge in [0.25, 0.3) is 5.69 Å². The number of ether oxygens (including phenoxy) is 6. The molecule has 1 saturated heterocycles. The van der Waals surface area contributed by atoms with Gasteiger partial charge in [0.05, 0.1) is 32.6 Å². The van der Waals surface area contributed by atoms with Gasteiger partial charge < -0.3 is 28.4 Å². The zero-order valence-electron chi connectivity index (χ0n) is 32.0. The van der Waals surface area contributed by atoms with Crippen LogP contribution in [0.3, 0.4) is 0 Å². The Labute approximate surface area is 304 Å². The van der Waals surface area contributed by atoms with Crippen LogP contribution in [0.25, 0.3) is 0 Å². The zero-order valence-corrected chi connectivity index (χ0v) is 32.0. The summed E-state index contributed by atoms with van der Waals surface area (Å²) in [6, 6.07) is 4.49. The zero-order chi connectivity index (χ0) is 39.6. The number of nitrogens with one attached hydrogen (secondary N) is 1.